The Labute approximate surface area is 210 Å². The first kappa shape index (κ1) is 21.6. The summed E-state index contributed by atoms with van der Waals surface area (Å²) in [6.45, 7) is 1.23. The van der Waals surface area contributed by atoms with Crippen molar-refractivity contribution in [2.24, 2.45) is 17.6 Å². The normalized spacial score (nSPS) is 19.0. The zero-order chi connectivity index (χ0) is 24.2. The van der Waals surface area contributed by atoms with Gasteiger partial charge in [0.2, 0.25) is 0 Å². The minimum Gasteiger partial charge on any atom is -0.342 e. The topological polar surface area (TPSA) is 76.7 Å². The van der Waals surface area contributed by atoms with E-state index in [-0.39, 0.29) is 5.56 Å². The number of H-pyrrole nitrogens is 1. The Bertz CT molecular complexity index is 1680. The molecule has 0 aliphatic heterocycles. The first-order valence-electron chi connectivity index (χ1n) is 13.1. The van der Waals surface area contributed by atoms with Crippen LogP contribution in [0.25, 0.3) is 33.2 Å². The molecule has 1 fully saturated rings. The number of nitrogens with one attached hydrogen (secondary N) is 1. The molecule has 7 rings (SSSR count). The van der Waals surface area contributed by atoms with Gasteiger partial charge in [0.05, 0.1) is 11.0 Å². The van der Waals surface area contributed by atoms with Crippen molar-refractivity contribution in [1.29, 1.82) is 0 Å². The van der Waals surface area contributed by atoms with Gasteiger partial charge in [-0.15, -0.1) is 0 Å². The van der Waals surface area contributed by atoms with Crippen molar-refractivity contribution in [3.63, 3.8) is 0 Å². The van der Waals surface area contributed by atoms with Crippen molar-refractivity contribution in [2.75, 3.05) is 0 Å². The molecule has 3 aromatic carbocycles. The average molecular weight is 475 g/mol. The second kappa shape index (κ2) is 8.45. The molecule has 2 heterocycles. The second-order valence-corrected chi connectivity index (χ2v) is 10.6. The van der Waals surface area contributed by atoms with E-state index >= 15 is 0 Å². The predicted octanol–water partition coefficient (Wildman–Crippen LogP) is 5.57. The van der Waals surface area contributed by atoms with Crippen LogP contribution in [0.4, 0.5) is 0 Å². The highest BCUT2D eigenvalue weighted by molar-refractivity contribution is 5.96. The maximum Gasteiger partial charge on any atom is 0.275 e. The number of rotatable bonds is 4. The van der Waals surface area contributed by atoms with E-state index in [2.05, 4.69) is 52.1 Å². The Balaban J connectivity index is 1.33. The Morgan fingerprint density at radius 3 is 2.56 bits per heavy atom. The third-order valence-electron chi connectivity index (χ3n) is 8.42. The highest BCUT2D eigenvalue weighted by Gasteiger charge is 2.32. The summed E-state index contributed by atoms with van der Waals surface area (Å²) in [6.07, 6.45) is 8.40. The van der Waals surface area contributed by atoms with E-state index in [0.29, 0.717) is 18.8 Å². The number of para-hydroxylation sites is 1. The number of aromatic nitrogens is 3. The number of nitrogens with two attached hydrogens (primary N) is 1. The van der Waals surface area contributed by atoms with Crippen LogP contribution in [-0.2, 0) is 25.9 Å². The SMILES string of the molecule is NCc1cccc(Cn2cc(-c3nc4cc5c(cc4[nH]c3=O)CC3CCCC3C5)c3ccccc32)c1. The molecule has 2 unspecified atom stereocenters. The Morgan fingerprint density at radius 2 is 1.72 bits per heavy atom. The standard InChI is InChI=1S/C31H30N4O/c32-16-19-5-3-6-20(11-19)17-35-18-26(25-9-1-2-10-29(25)35)30-31(36)34-28-15-24-13-22-8-4-7-21(22)12-23(24)14-27(28)33-30/h1-3,5-6,9-11,14-15,18,21-22H,4,7-8,12-13,16-17,32H2,(H,34,36). The minimum absolute atomic E-state index is 0.134. The zero-order valence-electron chi connectivity index (χ0n) is 20.3. The third-order valence-corrected chi connectivity index (χ3v) is 8.42. The lowest BCUT2D eigenvalue weighted by Gasteiger charge is -2.28. The molecule has 180 valence electrons. The van der Waals surface area contributed by atoms with Crippen molar-refractivity contribution in [3.05, 3.63) is 99.5 Å². The summed E-state index contributed by atoms with van der Waals surface area (Å²) in [5.41, 5.74) is 15.0. The van der Waals surface area contributed by atoms with Gasteiger partial charge in [-0.3, -0.25) is 4.79 Å². The number of fused-ring (bicyclic) bond motifs is 4. The molecule has 2 aromatic heterocycles. The van der Waals surface area contributed by atoms with Gasteiger partial charge in [-0.2, -0.15) is 0 Å². The van der Waals surface area contributed by atoms with Crippen molar-refractivity contribution in [2.45, 2.75) is 45.2 Å². The molecular weight excluding hydrogens is 444 g/mol. The maximum atomic E-state index is 13.3. The molecule has 3 N–H and O–H groups in total. The fourth-order valence-electron chi connectivity index (χ4n) is 6.62. The second-order valence-electron chi connectivity index (χ2n) is 10.6. The highest BCUT2D eigenvalue weighted by Crippen LogP contribution is 2.42. The first-order chi connectivity index (χ1) is 17.7. The van der Waals surface area contributed by atoms with Crippen LogP contribution in [-0.4, -0.2) is 14.5 Å². The number of nitrogens with zero attached hydrogens (tertiary/aromatic N) is 2. The minimum atomic E-state index is -0.134. The van der Waals surface area contributed by atoms with Crippen molar-refractivity contribution >= 4 is 21.9 Å². The molecule has 2 aliphatic carbocycles. The fraction of sp³-hybridized carbons (Fsp3) is 0.290. The number of hydrogen-bond acceptors (Lipinski definition) is 3. The molecule has 36 heavy (non-hydrogen) atoms. The number of benzene rings is 3. The molecule has 0 saturated heterocycles. The van der Waals surface area contributed by atoms with Gasteiger partial charge in [-0.25, -0.2) is 4.98 Å². The van der Waals surface area contributed by atoms with Gasteiger partial charge in [0.15, 0.2) is 0 Å². The highest BCUT2D eigenvalue weighted by atomic mass is 16.1. The van der Waals surface area contributed by atoms with Gasteiger partial charge < -0.3 is 15.3 Å². The van der Waals surface area contributed by atoms with E-state index in [0.717, 1.165) is 57.7 Å². The van der Waals surface area contributed by atoms with Crippen molar-refractivity contribution < 1.29 is 0 Å². The summed E-state index contributed by atoms with van der Waals surface area (Å²) in [6, 6.07) is 21.0. The molecule has 0 bridgehead atoms. The number of hydrogen-bond donors (Lipinski definition) is 2. The first-order valence-corrected chi connectivity index (χ1v) is 13.1. The van der Waals surface area contributed by atoms with Gasteiger partial charge >= 0.3 is 0 Å². The monoisotopic (exact) mass is 474 g/mol. The van der Waals surface area contributed by atoms with Gasteiger partial charge in [-0.1, -0.05) is 48.9 Å². The van der Waals surface area contributed by atoms with Crippen LogP contribution in [0.2, 0.25) is 0 Å². The molecule has 5 aromatic rings. The Kier molecular flexibility index (Phi) is 5.07. The van der Waals surface area contributed by atoms with E-state index in [1.165, 1.54) is 36.0 Å². The fourth-order valence-corrected chi connectivity index (χ4v) is 6.62. The predicted molar refractivity (Wildman–Crippen MR) is 145 cm³/mol. The van der Waals surface area contributed by atoms with Crippen LogP contribution >= 0.6 is 0 Å². The average Bonchev–Trinajstić information content (AvgIpc) is 3.50. The van der Waals surface area contributed by atoms with Gasteiger partial charge in [0.1, 0.15) is 5.69 Å². The summed E-state index contributed by atoms with van der Waals surface area (Å²) >= 11 is 0. The summed E-state index contributed by atoms with van der Waals surface area (Å²) < 4.78 is 2.21. The zero-order valence-corrected chi connectivity index (χ0v) is 20.3. The lowest BCUT2D eigenvalue weighted by Crippen LogP contribution is -2.21. The van der Waals surface area contributed by atoms with Crippen LogP contribution in [0.15, 0.2) is 71.7 Å². The number of aromatic amines is 1. The van der Waals surface area contributed by atoms with Crippen LogP contribution in [0.1, 0.15) is 41.5 Å². The van der Waals surface area contributed by atoms with Crippen LogP contribution in [0, 0.1) is 11.8 Å². The molecule has 0 radical (unpaired) electrons. The lowest BCUT2D eigenvalue weighted by atomic mass is 9.77. The quantitative estimate of drug-likeness (QED) is 0.358. The molecule has 2 atom stereocenters. The van der Waals surface area contributed by atoms with E-state index in [4.69, 9.17) is 10.7 Å². The Hall–Kier alpha value is -3.70. The van der Waals surface area contributed by atoms with Gasteiger partial charge in [0, 0.05) is 35.8 Å². The van der Waals surface area contributed by atoms with E-state index in [1.54, 1.807) is 0 Å². The maximum absolute atomic E-state index is 13.3. The van der Waals surface area contributed by atoms with E-state index in [9.17, 15) is 4.79 Å². The Morgan fingerprint density at radius 1 is 0.944 bits per heavy atom. The molecule has 5 nitrogen and oxygen atoms in total. The van der Waals surface area contributed by atoms with Gasteiger partial charge in [-0.05, 0) is 78.0 Å². The van der Waals surface area contributed by atoms with Crippen LogP contribution in [0.5, 0.6) is 0 Å². The molecule has 5 heteroatoms. The summed E-state index contributed by atoms with van der Waals surface area (Å²) in [5.74, 6) is 1.62. The van der Waals surface area contributed by atoms with Gasteiger partial charge in [0.25, 0.3) is 5.56 Å². The molecule has 1 saturated carbocycles. The molecule has 0 amide bonds. The summed E-state index contributed by atoms with van der Waals surface area (Å²) in [5, 5.41) is 1.04. The van der Waals surface area contributed by atoms with E-state index in [1.807, 2.05) is 24.3 Å². The summed E-state index contributed by atoms with van der Waals surface area (Å²) in [4.78, 5) is 21.5. The third kappa shape index (κ3) is 3.58. The molecular formula is C31H30N4O. The van der Waals surface area contributed by atoms with Crippen LogP contribution in [0.3, 0.4) is 0 Å². The van der Waals surface area contributed by atoms with Crippen LogP contribution < -0.4 is 11.3 Å². The smallest absolute Gasteiger partial charge is 0.275 e. The molecule has 0 spiro atoms. The molecule has 2 aliphatic rings. The summed E-state index contributed by atoms with van der Waals surface area (Å²) in [7, 11) is 0. The van der Waals surface area contributed by atoms with E-state index < -0.39 is 0 Å². The van der Waals surface area contributed by atoms with Crippen molar-refractivity contribution in [1.82, 2.24) is 14.5 Å². The largest absolute Gasteiger partial charge is 0.342 e. The van der Waals surface area contributed by atoms with Crippen molar-refractivity contribution in [3.8, 4) is 11.3 Å². The lowest BCUT2D eigenvalue weighted by molar-refractivity contribution is 0.361.